The third-order valence-electron chi connectivity index (χ3n) is 3.64. The molecule has 0 atom stereocenters. The maximum absolute atomic E-state index is 5.69. The molecule has 0 aromatic carbocycles. The maximum Gasteiger partial charge on any atom is 0.203 e. The van der Waals surface area contributed by atoms with Crippen molar-refractivity contribution in [2.24, 2.45) is 0 Å². The molecule has 1 saturated carbocycles. The Kier molecular flexibility index (Phi) is 3.79. The molecule has 1 aliphatic rings. The largest absolute Gasteiger partial charge is 0.374 e. The van der Waals surface area contributed by atoms with Gasteiger partial charge in [0, 0.05) is 5.92 Å². The van der Waals surface area contributed by atoms with Crippen molar-refractivity contribution >= 4 is 27.8 Å². The second-order valence-corrected chi connectivity index (χ2v) is 7.00. The Morgan fingerprint density at radius 3 is 2.58 bits per heavy atom. The Balaban J connectivity index is 1.93. The molecule has 1 fully saturated rings. The number of aromatic nitrogens is 3. The first kappa shape index (κ1) is 13.0. The van der Waals surface area contributed by atoms with Gasteiger partial charge >= 0.3 is 0 Å². The molecular weight excluding hydrogens is 276 g/mol. The quantitative estimate of drug-likeness (QED) is 0.933. The molecular formula is C13H18N4S2. The molecule has 1 aliphatic carbocycles. The number of anilines is 1. The minimum Gasteiger partial charge on any atom is -0.374 e. The summed E-state index contributed by atoms with van der Waals surface area (Å²) in [7, 11) is 0. The summed E-state index contributed by atoms with van der Waals surface area (Å²) < 4.78 is 0. The number of nitrogens with two attached hydrogens (primary N) is 1. The van der Waals surface area contributed by atoms with E-state index >= 15 is 0 Å². The molecule has 0 radical (unpaired) electrons. The Morgan fingerprint density at radius 2 is 1.95 bits per heavy atom. The van der Waals surface area contributed by atoms with Crippen LogP contribution in [-0.4, -0.2) is 15.2 Å². The summed E-state index contributed by atoms with van der Waals surface area (Å²) in [6.07, 6.45) is 7.57. The lowest BCUT2D eigenvalue weighted by atomic mass is 9.90. The highest BCUT2D eigenvalue weighted by atomic mass is 32.1. The Morgan fingerprint density at radius 1 is 1.16 bits per heavy atom. The van der Waals surface area contributed by atoms with E-state index in [4.69, 9.17) is 10.7 Å². The zero-order valence-electron chi connectivity index (χ0n) is 11.1. The van der Waals surface area contributed by atoms with Crippen LogP contribution in [0.3, 0.4) is 0 Å². The van der Waals surface area contributed by atoms with Crippen molar-refractivity contribution in [2.45, 2.75) is 51.4 Å². The molecule has 0 saturated heterocycles. The second-order valence-electron chi connectivity index (χ2n) is 4.96. The van der Waals surface area contributed by atoms with Crippen LogP contribution in [0.4, 0.5) is 5.13 Å². The van der Waals surface area contributed by atoms with Crippen molar-refractivity contribution in [3.05, 3.63) is 10.7 Å². The van der Waals surface area contributed by atoms with Gasteiger partial charge in [0.15, 0.2) is 5.01 Å². The Bertz CT molecular complexity index is 555. The van der Waals surface area contributed by atoms with Crippen molar-refractivity contribution in [1.29, 1.82) is 0 Å². The van der Waals surface area contributed by atoms with E-state index in [0.717, 1.165) is 17.1 Å². The standard InChI is InChI=1S/C13H18N4S2/c1-2-9-10(12-16-17-13(14)19-12)18-11(15-9)8-6-4-3-5-7-8/h8H,2-7H2,1H3,(H2,14,17). The van der Waals surface area contributed by atoms with Crippen molar-refractivity contribution in [3.63, 3.8) is 0 Å². The number of hydrogen-bond acceptors (Lipinski definition) is 6. The molecule has 3 rings (SSSR count). The number of nitrogens with zero attached hydrogens (tertiary/aromatic N) is 3. The number of thiazole rings is 1. The molecule has 0 amide bonds. The van der Waals surface area contributed by atoms with Crippen LogP contribution in [0.2, 0.25) is 0 Å². The fraction of sp³-hybridized carbons (Fsp3) is 0.615. The number of rotatable bonds is 3. The number of hydrogen-bond donors (Lipinski definition) is 1. The first-order valence-corrected chi connectivity index (χ1v) is 8.50. The topological polar surface area (TPSA) is 64.7 Å². The van der Waals surface area contributed by atoms with E-state index in [2.05, 4.69) is 17.1 Å². The predicted molar refractivity (Wildman–Crippen MR) is 80.6 cm³/mol. The summed E-state index contributed by atoms with van der Waals surface area (Å²) in [5, 5.41) is 10.8. The van der Waals surface area contributed by atoms with Gasteiger partial charge in [0.25, 0.3) is 0 Å². The highest BCUT2D eigenvalue weighted by molar-refractivity contribution is 7.23. The van der Waals surface area contributed by atoms with Gasteiger partial charge < -0.3 is 5.73 Å². The van der Waals surface area contributed by atoms with E-state index in [0.29, 0.717) is 11.0 Å². The van der Waals surface area contributed by atoms with Gasteiger partial charge in [0.05, 0.1) is 15.6 Å². The van der Waals surface area contributed by atoms with Crippen LogP contribution in [0.5, 0.6) is 0 Å². The molecule has 0 aliphatic heterocycles. The summed E-state index contributed by atoms with van der Waals surface area (Å²) in [5.41, 5.74) is 6.84. The predicted octanol–water partition coefficient (Wildman–Crippen LogP) is 3.85. The fourth-order valence-electron chi connectivity index (χ4n) is 2.63. The molecule has 19 heavy (non-hydrogen) atoms. The average Bonchev–Trinajstić information content (AvgIpc) is 3.05. The van der Waals surface area contributed by atoms with E-state index in [1.54, 1.807) is 11.3 Å². The normalized spacial score (nSPS) is 16.9. The van der Waals surface area contributed by atoms with Gasteiger partial charge in [-0.15, -0.1) is 21.5 Å². The van der Waals surface area contributed by atoms with Crippen LogP contribution < -0.4 is 5.73 Å². The Hall–Kier alpha value is -1.01. The lowest BCUT2D eigenvalue weighted by molar-refractivity contribution is 0.442. The molecule has 0 bridgehead atoms. The summed E-state index contributed by atoms with van der Waals surface area (Å²) in [4.78, 5) is 6.03. The van der Waals surface area contributed by atoms with Gasteiger partial charge in [-0.2, -0.15) is 0 Å². The van der Waals surface area contributed by atoms with Gasteiger partial charge in [-0.25, -0.2) is 4.98 Å². The maximum atomic E-state index is 5.69. The number of aryl methyl sites for hydroxylation is 1. The lowest BCUT2D eigenvalue weighted by Gasteiger charge is -2.18. The van der Waals surface area contributed by atoms with Gasteiger partial charge in [0.1, 0.15) is 0 Å². The molecule has 2 aromatic rings. The summed E-state index contributed by atoms with van der Waals surface area (Å²) in [5.74, 6) is 0.656. The highest BCUT2D eigenvalue weighted by Gasteiger charge is 2.22. The average molecular weight is 294 g/mol. The molecule has 4 nitrogen and oxygen atoms in total. The van der Waals surface area contributed by atoms with Crippen LogP contribution in [0.25, 0.3) is 9.88 Å². The third-order valence-corrected chi connectivity index (χ3v) is 5.80. The lowest BCUT2D eigenvalue weighted by Crippen LogP contribution is -2.04. The van der Waals surface area contributed by atoms with E-state index < -0.39 is 0 Å². The fourth-order valence-corrected chi connectivity index (χ4v) is 4.65. The van der Waals surface area contributed by atoms with Crippen LogP contribution in [0, 0.1) is 0 Å². The van der Waals surface area contributed by atoms with Crippen LogP contribution in [0.15, 0.2) is 0 Å². The molecule has 0 unspecified atom stereocenters. The molecule has 0 spiro atoms. The molecule has 2 N–H and O–H groups in total. The van der Waals surface area contributed by atoms with Crippen molar-refractivity contribution in [2.75, 3.05) is 5.73 Å². The minimum absolute atomic E-state index is 0.532. The molecule has 6 heteroatoms. The van der Waals surface area contributed by atoms with Crippen LogP contribution in [-0.2, 0) is 6.42 Å². The van der Waals surface area contributed by atoms with E-state index in [1.165, 1.54) is 53.3 Å². The van der Waals surface area contributed by atoms with Gasteiger partial charge in [0.2, 0.25) is 5.13 Å². The van der Waals surface area contributed by atoms with Gasteiger partial charge in [-0.05, 0) is 19.3 Å². The summed E-state index contributed by atoms with van der Waals surface area (Å²) in [6, 6.07) is 0. The SMILES string of the molecule is CCc1nc(C2CCCCC2)sc1-c1nnc(N)s1. The van der Waals surface area contributed by atoms with Crippen LogP contribution in [0.1, 0.15) is 55.6 Å². The van der Waals surface area contributed by atoms with Gasteiger partial charge in [-0.3, -0.25) is 0 Å². The second kappa shape index (κ2) is 5.54. The van der Waals surface area contributed by atoms with Crippen LogP contribution >= 0.6 is 22.7 Å². The first-order chi connectivity index (χ1) is 9.28. The summed E-state index contributed by atoms with van der Waals surface area (Å²) >= 11 is 3.25. The van der Waals surface area contributed by atoms with E-state index in [1.807, 2.05) is 0 Å². The smallest absolute Gasteiger partial charge is 0.203 e. The molecule has 102 valence electrons. The summed E-state index contributed by atoms with van der Waals surface area (Å²) in [6.45, 7) is 2.15. The van der Waals surface area contributed by atoms with Crippen molar-refractivity contribution in [1.82, 2.24) is 15.2 Å². The third kappa shape index (κ3) is 2.65. The van der Waals surface area contributed by atoms with E-state index in [9.17, 15) is 0 Å². The van der Waals surface area contributed by atoms with Crippen molar-refractivity contribution in [3.8, 4) is 9.88 Å². The monoisotopic (exact) mass is 294 g/mol. The zero-order chi connectivity index (χ0) is 13.2. The van der Waals surface area contributed by atoms with Crippen molar-refractivity contribution < 1.29 is 0 Å². The first-order valence-electron chi connectivity index (χ1n) is 6.87. The molecule has 2 aromatic heterocycles. The Labute approximate surface area is 121 Å². The van der Waals surface area contributed by atoms with Gasteiger partial charge in [-0.1, -0.05) is 37.5 Å². The van der Waals surface area contributed by atoms with E-state index in [-0.39, 0.29) is 0 Å². The molecule has 2 heterocycles. The minimum atomic E-state index is 0.532. The number of nitrogen functional groups attached to an aromatic ring is 1. The highest BCUT2D eigenvalue weighted by Crippen LogP contribution is 2.40. The zero-order valence-corrected chi connectivity index (χ0v) is 12.7.